The highest BCUT2D eigenvalue weighted by molar-refractivity contribution is 7.99. The van der Waals surface area contributed by atoms with E-state index in [-0.39, 0.29) is 18.5 Å². The Morgan fingerprint density at radius 2 is 1.89 bits per heavy atom. The normalized spacial score (nSPS) is 41.6. The van der Waals surface area contributed by atoms with Gasteiger partial charge in [-0.05, 0) is 48.9 Å². The molecule has 4 rings (SSSR count). The van der Waals surface area contributed by atoms with Crippen LogP contribution in [0, 0.1) is 23.2 Å². The molecular weight excluding hydrogens is 512 g/mol. The van der Waals surface area contributed by atoms with Crippen molar-refractivity contribution >= 4 is 24.1 Å². The summed E-state index contributed by atoms with van der Waals surface area (Å²) in [5, 5.41) is 45.4. The Balaban J connectivity index is 0.00000127. The van der Waals surface area contributed by atoms with Crippen molar-refractivity contribution in [3.63, 3.8) is 0 Å². The number of allylic oxidation sites excluding steroid dienone is 1. The summed E-state index contributed by atoms with van der Waals surface area (Å²) in [6.45, 7) is 9.73. The van der Waals surface area contributed by atoms with Crippen molar-refractivity contribution in [2.45, 2.75) is 101 Å². The lowest BCUT2D eigenvalue weighted by Gasteiger charge is -2.48. The average molecular weight is 559 g/mol. The fourth-order valence-electron chi connectivity index (χ4n) is 6.26. The first kappa shape index (κ1) is 31.3. The summed E-state index contributed by atoms with van der Waals surface area (Å²) in [4.78, 5) is 22.0. The molecule has 0 unspecified atom stereocenters. The molecule has 0 aromatic rings. The Hall–Kier alpha value is -1.21. The molecule has 0 aromatic carbocycles. The maximum Gasteiger partial charge on any atom is 0.290 e. The molecule has 10 nitrogen and oxygen atoms in total. The topological polar surface area (TPSA) is 158 Å². The molecule has 218 valence electrons. The van der Waals surface area contributed by atoms with Crippen molar-refractivity contribution in [3.05, 3.63) is 12.2 Å². The van der Waals surface area contributed by atoms with E-state index in [1.807, 2.05) is 19.9 Å². The van der Waals surface area contributed by atoms with Crippen LogP contribution in [0.3, 0.4) is 0 Å². The van der Waals surface area contributed by atoms with Gasteiger partial charge in [-0.1, -0.05) is 39.8 Å². The van der Waals surface area contributed by atoms with Gasteiger partial charge in [0.2, 0.25) is 5.91 Å². The van der Waals surface area contributed by atoms with E-state index >= 15 is 0 Å². The molecule has 0 aliphatic carbocycles. The summed E-state index contributed by atoms with van der Waals surface area (Å²) in [5.41, 5.74) is -1.15. The lowest BCUT2D eigenvalue weighted by Crippen LogP contribution is -2.67. The molecule has 0 saturated carbocycles. The number of carbonyl (C=O) groups excluding carboxylic acids is 1. The zero-order valence-electron chi connectivity index (χ0n) is 22.9. The van der Waals surface area contributed by atoms with Crippen LogP contribution < -0.4 is 10.6 Å². The minimum atomic E-state index is -1.35. The van der Waals surface area contributed by atoms with Crippen molar-refractivity contribution in [1.82, 2.24) is 10.6 Å². The summed E-state index contributed by atoms with van der Waals surface area (Å²) in [6, 6.07) is -1.04. The zero-order valence-corrected chi connectivity index (χ0v) is 23.7. The lowest BCUT2D eigenvalue weighted by atomic mass is 9.75. The number of carboxylic acid groups (broad SMARTS) is 1. The highest BCUT2D eigenvalue weighted by atomic mass is 32.2. The third-order valence-corrected chi connectivity index (χ3v) is 9.30. The van der Waals surface area contributed by atoms with Crippen LogP contribution in [0.5, 0.6) is 0 Å². The van der Waals surface area contributed by atoms with Crippen molar-refractivity contribution in [2.75, 3.05) is 18.9 Å². The van der Waals surface area contributed by atoms with Crippen LogP contribution in [0.15, 0.2) is 12.2 Å². The van der Waals surface area contributed by atoms with Gasteiger partial charge in [0.05, 0.1) is 12.1 Å². The van der Waals surface area contributed by atoms with Crippen LogP contribution in [-0.2, 0) is 19.1 Å². The maximum atomic E-state index is 13.7. The average Bonchev–Trinajstić information content (AvgIpc) is 3.13. The second-order valence-electron chi connectivity index (χ2n) is 12.0. The van der Waals surface area contributed by atoms with E-state index in [4.69, 9.17) is 19.4 Å². The lowest BCUT2D eigenvalue weighted by molar-refractivity contribution is -0.212. The predicted octanol–water partition coefficient (Wildman–Crippen LogP) is 1.13. The zero-order chi connectivity index (χ0) is 28.0. The van der Waals surface area contributed by atoms with Gasteiger partial charge in [-0.3, -0.25) is 9.59 Å². The molecule has 4 aliphatic heterocycles. The number of hydrogen-bond acceptors (Lipinski definition) is 9. The number of ether oxygens (including phenoxy) is 2. The number of aliphatic hydroxyl groups excluding tert-OH is 3. The Morgan fingerprint density at radius 1 is 1.18 bits per heavy atom. The van der Waals surface area contributed by atoms with Crippen LogP contribution >= 0.6 is 11.8 Å². The van der Waals surface area contributed by atoms with Gasteiger partial charge in [-0.2, -0.15) is 0 Å². The summed E-state index contributed by atoms with van der Waals surface area (Å²) in [5.74, 6) is 2.03. The van der Waals surface area contributed by atoms with E-state index in [1.54, 1.807) is 0 Å². The van der Waals surface area contributed by atoms with Gasteiger partial charge >= 0.3 is 0 Å². The van der Waals surface area contributed by atoms with Gasteiger partial charge in [0, 0.05) is 18.9 Å². The molecule has 38 heavy (non-hydrogen) atoms. The number of fused-ring (bicyclic) bond motifs is 3. The summed E-state index contributed by atoms with van der Waals surface area (Å²) in [7, 11) is 0. The van der Waals surface area contributed by atoms with E-state index in [0.29, 0.717) is 36.5 Å². The molecule has 11 heteroatoms. The Bertz CT molecular complexity index is 812. The first-order valence-corrected chi connectivity index (χ1v) is 14.7. The quantitative estimate of drug-likeness (QED) is 0.218. The predicted molar refractivity (Wildman–Crippen MR) is 145 cm³/mol. The van der Waals surface area contributed by atoms with Gasteiger partial charge in [-0.15, -0.1) is 11.8 Å². The fourth-order valence-corrected chi connectivity index (χ4v) is 7.26. The van der Waals surface area contributed by atoms with Crippen molar-refractivity contribution < 1.29 is 39.5 Å². The summed E-state index contributed by atoms with van der Waals surface area (Å²) >= 11 is 1.38. The van der Waals surface area contributed by atoms with Crippen LogP contribution in [-0.4, -0.2) is 99.7 Å². The molecule has 0 aromatic heterocycles. The SMILES string of the molecule is CC(C)C[C@@H]1CCO[C@@H]2[C@H](CN[C@@H]2C(=O)N[C@H]2[C@H]3O[C@H](SC/C=C\CC2(C)C)[C@H](O)[C@@H](O)[C@H]3O)C1.O=CO. The molecule has 1 amide bonds. The van der Waals surface area contributed by atoms with E-state index in [2.05, 4.69) is 30.6 Å². The van der Waals surface area contributed by atoms with Crippen LogP contribution in [0.4, 0.5) is 0 Å². The molecule has 3 fully saturated rings. The van der Waals surface area contributed by atoms with Gasteiger partial charge in [0.25, 0.3) is 6.47 Å². The second kappa shape index (κ2) is 13.9. The number of rotatable bonds is 4. The van der Waals surface area contributed by atoms with Gasteiger partial charge in [-0.25, -0.2) is 0 Å². The Labute approximate surface area is 229 Å². The smallest absolute Gasteiger partial charge is 0.290 e. The monoisotopic (exact) mass is 558 g/mol. The molecule has 4 aliphatic rings. The summed E-state index contributed by atoms with van der Waals surface area (Å²) in [6.07, 6.45) is 3.16. The van der Waals surface area contributed by atoms with Crippen LogP contribution in [0.2, 0.25) is 0 Å². The highest BCUT2D eigenvalue weighted by Crippen LogP contribution is 2.39. The van der Waals surface area contributed by atoms with Crippen LogP contribution in [0.25, 0.3) is 0 Å². The summed E-state index contributed by atoms with van der Waals surface area (Å²) < 4.78 is 12.4. The number of thioether (sulfide) groups is 1. The van der Waals surface area contributed by atoms with E-state index < -0.39 is 47.4 Å². The first-order valence-electron chi connectivity index (χ1n) is 13.7. The Morgan fingerprint density at radius 3 is 2.58 bits per heavy atom. The first-order chi connectivity index (χ1) is 18.0. The van der Waals surface area contributed by atoms with Crippen LogP contribution in [0.1, 0.15) is 53.4 Å². The molecule has 4 heterocycles. The van der Waals surface area contributed by atoms with Crippen molar-refractivity contribution in [3.8, 4) is 0 Å². The number of amides is 1. The minimum Gasteiger partial charge on any atom is -0.483 e. The van der Waals surface area contributed by atoms with Gasteiger partial charge < -0.3 is 40.5 Å². The molecule has 10 atom stereocenters. The molecule has 6 N–H and O–H groups in total. The fraction of sp³-hybridized carbons (Fsp3) is 0.852. The number of nitrogens with one attached hydrogen (secondary N) is 2. The van der Waals surface area contributed by atoms with E-state index in [0.717, 1.165) is 19.4 Å². The number of hydrogen-bond donors (Lipinski definition) is 6. The molecule has 3 saturated heterocycles. The molecule has 2 bridgehead atoms. The number of aliphatic hydroxyl groups is 3. The highest BCUT2D eigenvalue weighted by Gasteiger charge is 2.52. The van der Waals surface area contributed by atoms with Crippen molar-refractivity contribution in [2.24, 2.45) is 23.2 Å². The molecule has 0 radical (unpaired) electrons. The standard InChI is InChI=1S/C26H44N2O6S.CH2O2/c1-14(2)11-15-7-9-33-21-16(12-15)13-27-17(21)24(32)28-23-22-19(30)18(29)20(31)25(34-22)35-10-6-5-8-26(23,3)4;2-1-3/h5-6,14-23,25,27,29-31H,7-13H2,1-4H3,(H,28,32);1H,(H,2,3)/b6-5-;/t15-,16-,17-,18-,19+,20+,21+,22-,23-,25+;/m0./s1. The van der Waals surface area contributed by atoms with E-state index in [1.165, 1.54) is 18.2 Å². The van der Waals surface area contributed by atoms with Gasteiger partial charge in [0.15, 0.2) is 0 Å². The minimum absolute atomic E-state index is 0.167. The molecule has 0 spiro atoms. The number of carbonyl (C=O) groups is 2. The Kier molecular flexibility index (Phi) is 11.5. The third kappa shape index (κ3) is 7.50. The van der Waals surface area contributed by atoms with E-state index in [9.17, 15) is 20.1 Å². The maximum absolute atomic E-state index is 13.7. The largest absolute Gasteiger partial charge is 0.483 e. The second-order valence-corrected chi connectivity index (χ2v) is 13.2. The molecular formula is C27H46N2O8S. The van der Waals surface area contributed by atoms with Crippen molar-refractivity contribution in [1.29, 1.82) is 0 Å². The third-order valence-electron chi connectivity index (χ3n) is 8.19. The van der Waals surface area contributed by atoms with Gasteiger partial charge in [0.1, 0.15) is 35.9 Å².